The first-order valence-corrected chi connectivity index (χ1v) is 4.87. The van der Waals surface area contributed by atoms with Crippen LogP contribution in [0.1, 0.15) is 24.8 Å². The summed E-state index contributed by atoms with van der Waals surface area (Å²) in [6, 6.07) is 11.1. The SMILES string of the molecule is c1ccc([C@@]23CC[C@@H](C2)N=N3)cc1. The topological polar surface area (TPSA) is 24.7 Å². The summed E-state index contributed by atoms with van der Waals surface area (Å²) in [5.74, 6) is 0. The average Bonchev–Trinajstić information content (AvgIpc) is 2.80. The Balaban J connectivity index is 2.06. The highest BCUT2D eigenvalue weighted by Crippen LogP contribution is 2.48. The Hall–Kier alpha value is -1.18. The zero-order valence-corrected chi connectivity index (χ0v) is 7.48. The van der Waals surface area contributed by atoms with Crippen molar-refractivity contribution >= 4 is 0 Å². The molecule has 1 aliphatic carbocycles. The lowest BCUT2D eigenvalue weighted by molar-refractivity contribution is 0.463. The molecule has 2 heteroatoms. The van der Waals surface area contributed by atoms with E-state index >= 15 is 0 Å². The fraction of sp³-hybridized carbons (Fsp3) is 0.455. The molecule has 0 radical (unpaired) electrons. The number of rotatable bonds is 1. The van der Waals surface area contributed by atoms with Crippen molar-refractivity contribution in [2.45, 2.75) is 30.8 Å². The Morgan fingerprint density at radius 1 is 1.23 bits per heavy atom. The zero-order chi connectivity index (χ0) is 8.73. The number of fused-ring (bicyclic) bond motifs is 2. The second kappa shape index (κ2) is 2.41. The second-order valence-electron chi connectivity index (χ2n) is 4.01. The maximum Gasteiger partial charge on any atom is 0.109 e. The molecule has 0 amide bonds. The third-order valence-electron chi connectivity index (χ3n) is 3.19. The van der Waals surface area contributed by atoms with E-state index in [1.54, 1.807) is 0 Å². The standard InChI is InChI=1S/C11H12N2/c1-2-4-9(5-3-1)11-7-6-10(8-11)12-13-11/h1-5,10H,6-8H2/t10-,11+/m0/s1. The molecular formula is C11H12N2. The Bertz CT molecular complexity index is 344. The molecule has 2 aliphatic rings. The van der Waals surface area contributed by atoms with Gasteiger partial charge in [0, 0.05) is 6.42 Å². The van der Waals surface area contributed by atoms with Gasteiger partial charge in [0.05, 0.1) is 6.04 Å². The Labute approximate surface area is 77.7 Å². The van der Waals surface area contributed by atoms with Gasteiger partial charge in [0.2, 0.25) is 0 Å². The first-order valence-electron chi connectivity index (χ1n) is 4.87. The van der Waals surface area contributed by atoms with Gasteiger partial charge >= 0.3 is 0 Å². The highest BCUT2D eigenvalue weighted by Gasteiger charge is 2.45. The maximum atomic E-state index is 4.43. The first kappa shape index (κ1) is 7.25. The molecule has 2 nitrogen and oxygen atoms in total. The Morgan fingerprint density at radius 3 is 2.62 bits per heavy atom. The van der Waals surface area contributed by atoms with Gasteiger partial charge < -0.3 is 0 Å². The summed E-state index contributed by atoms with van der Waals surface area (Å²) in [4.78, 5) is 0. The maximum absolute atomic E-state index is 4.43. The van der Waals surface area contributed by atoms with Gasteiger partial charge in [-0.15, -0.1) is 0 Å². The minimum atomic E-state index is 0.0614. The second-order valence-corrected chi connectivity index (χ2v) is 4.01. The average molecular weight is 172 g/mol. The largest absolute Gasteiger partial charge is 0.190 e. The third-order valence-corrected chi connectivity index (χ3v) is 3.19. The van der Waals surface area contributed by atoms with Crippen molar-refractivity contribution in [2.24, 2.45) is 10.2 Å². The predicted octanol–water partition coefficient (Wildman–Crippen LogP) is 2.90. The van der Waals surface area contributed by atoms with E-state index in [9.17, 15) is 0 Å². The van der Waals surface area contributed by atoms with Crippen LogP contribution >= 0.6 is 0 Å². The molecule has 2 bridgehead atoms. The molecule has 3 rings (SSSR count). The van der Waals surface area contributed by atoms with E-state index in [0.717, 1.165) is 6.42 Å². The summed E-state index contributed by atoms with van der Waals surface area (Å²) in [6.07, 6.45) is 3.54. The fourth-order valence-corrected chi connectivity index (χ4v) is 2.45. The molecule has 1 aromatic carbocycles. The smallest absolute Gasteiger partial charge is 0.109 e. The quantitative estimate of drug-likeness (QED) is 0.622. The monoisotopic (exact) mass is 172 g/mol. The van der Waals surface area contributed by atoms with Gasteiger partial charge in [-0.25, -0.2) is 0 Å². The third kappa shape index (κ3) is 0.947. The fourth-order valence-electron chi connectivity index (χ4n) is 2.45. The Morgan fingerprint density at radius 2 is 2.08 bits per heavy atom. The van der Waals surface area contributed by atoms with E-state index in [1.807, 2.05) is 0 Å². The first-order chi connectivity index (χ1) is 6.39. The lowest BCUT2D eigenvalue weighted by Gasteiger charge is -2.20. The van der Waals surface area contributed by atoms with Gasteiger partial charge in [0.1, 0.15) is 5.54 Å². The number of azo groups is 1. The van der Waals surface area contributed by atoms with E-state index in [4.69, 9.17) is 0 Å². The van der Waals surface area contributed by atoms with Crippen LogP contribution in [0.3, 0.4) is 0 Å². The molecular weight excluding hydrogens is 160 g/mol. The van der Waals surface area contributed by atoms with Gasteiger partial charge in [-0.05, 0) is 18.4 Å². The van der Waals surface area contributed by atoms with Crippen molar-refractivity contribution in [3.05, 3.63) is 35.9 Å². The molecule has 1 saturated carbocycles. The number of hydrogen-bond donors (Lipinski definition) is 0. The van der Waals surface area contributed by atoms with Crippen LogP contribution < -0.4 is 0 Å². The number of hydrogen-bond acceptors (Lipinski definition) is 2. The summed E-state index contributed by atoms with van der Waals surface area (Å²) in [5, 5.41) is 8.71. The van der Waals surface area contributed by atoms with E-state index in [-0.39, 0.29) is 5.54 Å². The zero-order valence-electron chi connectivity index (χ0n) is 7.48. The van der Waals surface area contributed by atoms with E-state index in [1.165, 1.54) is 18.4 Å². The van der Waals surface area contributed by atoms with Crippen molar-refractivity contribution in [1.82, 2.24) is 0 Å². The lowest BCUT2D eigenvalue weighted by atomic mass is 9.90. The minimum absolute atomic E-state index is 0.0614. The van der Waals surface area contributed by atoms with Crippen LogP contribution in [0.4, 0.5) is 0 Å². The van der Waals surface area contributed by atoms with Crippen molar-refractivity contribution in [3.8, 4) is 0 Å². The van der Waals surface area contributed by atoms with Gasteiger partial charge in [0.15, 0.2) is 0 Å². The normalized spacial score (nSPS) is 35.5. The van der Waals surface area contributed by atoms with Crippen LogP contribution in [0.5, 0.6) is 0 Å². The van der Waals surface area contributed by atoms with E-state index < -0.39 is 0 Å². The summed E-state index contributed by atoms with van der Waals surface area (Å²) in [5.41, 5.74) is 1.41. The van der Waals surface area contributed by atoms with Crippen LogP contribution in [0, 0.1) is 0 Å². The number of benzene rings is 1. The van der Waals surface area contributed by atoms with Crippen LogP contribution in [-0.2, 0) is 5.54 Å². The molecule has 0 saturated heterocycles. The molecule has 0 spiro atoms. The minimum Gasteiger partial charge on any atom is -0.190 e. The van der Waals surface area contributed by atoms with Gasteiger partial charge in [-0.1, -0.05) is 30.3 Å². The van der Waals surface area contributed by atoms with Gasteiger partial charge in [-0.2, -0.15) is 10.2 Å². The van der Waals surface area contributed by atoms with Crippen molar-refractivity contribution in [2.75, 3.05) is 0 Å². The van der Waals surface area contributed by atoms with Gasteiger partial charge in [-0.3, -0.25) is 0 Å². The molecule has 0 aromatic heterocycles. The lowest BCUT2D eigenvalue weighted by Crippen LogP contribution is -2.16. The highest BCUT2D eigenvalue weighted by molar-refractivity contribution is 5.27. The van der Waals surface area contributed by atoms with Gasteiger partial charge in [0.25, 0.3) is 0 Å². The molecule has 0 unspecified atom stereocenters. The summed E-state index contributed by atoms with van der Waals surface area (Å²) in [6.45, 7) is 0. The van der Waals surface area contributed by atoms with Crippen LogP contribution in [0.25, 0.3) is 0 Å². The molecule has 1 fully saturated rings. The van der Waals surface area contributed by atoms with E-state index in [2.05, 4.69) is 40.6 Å². The predicted molar refractivity (Wildman–Crippen MR) is 50.6 cm³/mol. The Kier molecular flexibility index (Phi) is 1.34. The van der Waals surface area contributed by atoms with E-state index in [0.29, 0.717) is 6.04 Å². The summed E-state index contributed by atoms with van der Waals surface area (Å²) >= 11 is 0. The summed E-state index contributed by atoms with van der Waals surface area (Å²) in [7, 11) is 0. The molecule has 1 heterocycles. The molecule has 0 N–H and O–H groups in total. The molecule has 1 aromatic rings. The van der Waals surface area contributed by atoms with Crippen LogP contribution in [-0.4, -0.2) is 6.04 Å². The molecule has 13 heavy (non-hydrogen) atoms. The highest BCUT2D eigenvalue weighted by atomic mass is 15.2. The van der Waals surface area contributed by atoms with Crippen LogP contribution in [0.2, 0.25) is 0 Å². The van der Waals surface area contributed by atoms with Crippen molar-refractivity contribution in [3.63, 3.8) is 0 Å². The van der Waals surface area contributed by atoms with Crippen LogP contribution in [0.15, 0.2) is 40.6 Å². The number of nitrogens with zero attached hydrogens (tertiary/aromatic N) is 2. The molecule has 2 atom stereocenters. The van der Waals surface area contributed by atoms with Crippen molar-refractivity contribution in [1.29, 1.82) is 0 Å². The van der Waals surface area contributed by atoms with Crippen molar-refractivity contribution < 1.29 is 0 Å². The molecule has 66 valence electrons. The summed E-state index contributed by atoms with van der Waals surface area (Å²) < 4.78 is 0. The molecule has 1 aliphatic heterocycles.